The van der Waals surface area contributed by atoms with Gasteiger partial charge in [0.05, 0.1) is 19.2 Å². The van der Waals surface area contributed by atoms with Crippen LogP contribution < -0.4 is 10.9 Å². The van der Waals surface area contributed by atoms with Gasteiger partial charge >= 0.3 is 5.97 Å². The van der Waals surface area contributed by atoms with E-state index in [9.17, 15) is 14.4 Å². The van der Waals surface area contributed by atoms with Gasteiger partial charge in [-0.25, -0.2) is 9.78 Å². The van der Waals surface area contributed by atoms with Crippen molar-refractivity contribution in [2.45, 2.75) is 6.54 Å². The smallest absolute Gasteiger partial charge is 0.337 e. The first-order chi connectivity index (χ1) is 15.5. The van der Waals surface area contributed by atoms with Crippen molar-refractivity contribution in [3.63, 3.8) is 0 Å². The first-order valence-electron chi connectivity index (χ1n) is 9.69. The minimum Gasteiger partial charge on any atom is -0.465 e. The fraction of sp³-hybridized carbons (Fsp3) is 0.0833. The van der Waals surface area contributed by atoms with Crippen LogP contribution in [0.4, 0.5) is 5.69 Å². The lowest BCUT2D eigenvalue weighted by molar-refractivity contribution is 0.0600. The van der Waals surface area contributed by atoms with Crippen molar-refractivity contribution < 1.29 is 14.3 Å². The number of anilines is 1. The quantitative estimate of drug-likeness (QED) is 0.464. The number of amides is 1. The number of hydrogen-bond donors (Lipinski definition) is 1. The fourth-order valence-corrected chi connectivity index (χ4v) is 3.42. The molecule has 0 aliphatic carbocycles. The van der Waals surface area contributed by atoms with Gasteiger partial charge in [-0.3, -0.25) is 14.2 Å². The van der Waals surface area contributed by atoms with E-state index < -0.39 is 17.4 Å². The Morgan fingerprint density at radius 1 is 1.06 bits per heavy atom. The Hall–Kier alpha value is -3.97. The van der Waals surface area contributed by atoms with Crippen LogP contribution in [0.25, 0.3) is 11.0 Å². The molecular formula is C24H18ClN3O4. The highest BCUT2D eigenvalue weighted by atomic mass is 35.5. The number of halogens is 1. The number of fused-ring (bicyclic) bond motifs is 1. The number of carbonyl (C=O) groups is 2. The van der Waals surface area contributed by atoms with Crippen LogP contribution >= 0.6 is 11.6 Å². The number of rotatable bonds is 5. The molecule has 0 radical (unpaired) electrons. The lowest BCUT2D eigenvalue weighted by atomic mass is 10.1. The van der Waals surface area contributed by atoms with Crippen LogP contribution in [0.2, 0.25) is 5.02 Å². The summed E-state index contributed by atoms with van der Waals surface area (Å²) in [5.41, 5.74) is 1.64. The molecule has 2 heterocycles. The van der Waals surface area contributed by atoms with Crippen LogP contribution in [-0.4, -0.2) is 28.5 Å². The zero-order valence-corrected chi connectivity index (χ0v) is 17.8. The summed E-state index contributed by atoms with van der Waals surface area (Å²) in [7, 11) is 1.29. The Morgan fingerprint density at radius 2 is 1.78 bits per heavy atom. The zero-order valence-electron chi connectivity index (χ0n) is 17.0. The van der Waals surface area contributed by atoms with Crippen molar-refractivity contribution in [1.29, 1.82) is 0 Å². The molecule has 0 unspecified atom stereocenters. The Bertz CT molecular complexity index is 1360. The predicted molar refractivity (Wildman–Crippen MR) is 122 cm³/mol. The van der Waals surface area contributed by atoms with Gasteiger partial charge in [0.25, 0.3) is 11.5 Å². The fourth-order valence-electron chi connectivity index (χ4n) is 3.29. The monoisotopic (exact) mass is 447 g/mol. The maximum absolute atomic E-state index is 13.2. The van der Waals surface area contributed by atoms with E-state index >= 15 is 0 Å². The maximum atomic E-state index is 13.2. The topological polar surface area (TPSA) is 90.3 Å². The van der Waals surface area contributed by atoms with Gasteiger partial charge in [0.1, 0.15) is 11.2 Å². The van der Waals surface area contributed by atoms with Crippen molar-refractivity contribution >= 4 is 40.2 Å². The molecular weight excluding hydrogens is 430 g/mol. The maximum Gasteiger partial charge on any atom is 0.337 e. The molecule has 1 amide bonds. The van der Waals surface area contributed by atoms with E-state index in [2.05, 4.69) is 15.0 Å². The van der Waals surface area contributed by atoms with Gasteiger partial charge in [-0.2, -0.15) is 0 Å². The van der Waals surface area contributed by atoms with Crippen LogP contribution in [-0.2, 0) is 11.3 Å². The SMILES string of the molecule is COC(=O)c1ccc(NC(=O)c2cc3cccnc3n(Cc3ccc(Cl)cc3)c2=O)cc1. The van der Waals surface area contributed by atoms with Gasteiger partial charge < -0.3 is 10.1 Å². The number of hydrogen-bond acceptors (Lipinski definition) is 5. The second-order valence-electron chi connectivity index (χ2n) is 7.02. The third-order valence-electron chi connectivity index (χ3n) is 4.91. The molecule has 0 saturated carbocycles. The lowest BCUT2D eigenvalue weighted by Gasteiger charge is -2.13. The Balaban J connectivity index is 1.70. The largest absolute Gasteiger partial charge is 0.465 e. The minimum atomic E-state index is -0.559. The standard InChI is InChI=1S/C24H18ClN3O4/c1-32-24(31)16-6-10-19(11-7-16)27-22(29)20-13-17-3-2-12-26-21(17)28(23(20)30)14-15-4-8-18(25)9-5-15/h2-13H,14H2,1H3,(H,27,29). The van der Waals surface area contributed by atoms with Crippen LogP contribution in [0.3, 0.4) is 0 Å². The molecule has 8 heteroatoms. The number of nitrogens with one attached hydrogen (secondary N) is 1. The Kier molecular flexibility index (Phi) is 6.00. The summed E-state index contributed by atoms with van der Waals surface area (Å²) in [6.07, 6.45) is 1.60. The van der Waals surface area contributed by atoms with Gasteiger partial charge in [0.15, 0.2) is 0 Å². The molecule has 4 rings (SSSR count). The van der Waals surface area contributed by atoms with E-state index in [4.69, 9.17) is 11.6 Å². The van der Waals surface area contributed by atoms with Gasteiger partial charge in [0, 0.05) is 22.3 Å². The van der Waals surface area contributed by atoms with Gasteiger partial charge in [0.2, 0.25) is 0 Å². The minimum absolute atomic E-state index is 0.0171. The number of benzene rings is 2. The van der Waals surface area contributed by atoms with Crippen molar-refractivity contribution in [2.75, 3.05) is 12.4 Å². The highest BCUT2D eigenvalue weighted by molar-refractivity contribution is 6.30. The summed E-state index contributed by atoms with van der Waals surface area (Å²) in [4.78, 5) is 42.1. The molecule has 0 saturated heterocycles. The van der Waals surface area contributed by atoms with Gasteiger partial charge in [-0.15, -0.1) is 0 Å². The third-order valence-corrected chi connectivity index (χ3v) is 5.16. The van der Waals surface area contributed by atoms with E-state index in [1.807, 2.05) is 12.1 Å². The summed E-state index contributed by atoms with van der Waals surface area (Å²) in [5, 5.41) is 3.96. The van der Waals surface area contributed by atoms with Crippen molar-refractivity contribution in [3.05, 3.63) is 105 Å². The van der Waals surface area contributed by atoms with Crippen LogP contribution in [0.1, 0.15) is 26.3 Å². The number of nitrogens with zero attached hydrogens (tertiary/aromatic N) is 2. The van der Waals surface area contributed by atoms with E-state index in [-0.39, 0.29) is 12.1 Å². The Morgan fingerprint density at radius 3 is 2.47 bits per heavy atom. The van der Waals surface area contributed by atoms with Gasteiger partial charge in [-0.1, -0.05) is 23.7 Å². The average Bonchev–Trinajstić information content (AvgIpc) is 2.82. The summed E-state index contributed by atoms with van der Waals surface area (Å²) >= 11 is 5.96. The van der Waals surface area contributed by atoms with Crippen molar-refractivity contribution in [1.82, 2.24) is 9.55 Å². The van der Waals surface area contributed by atoms with Crippen LogP contribution in [0.5, 0.6) is 0 Å². The van der Waals surface area contributed by atoms with Crippen molar-refractivity contribution in [3.8, 4) is 0 Å². The molecule has 4 aromatic rings. The van der Waals surface area contributed by atoms with Gasteiger partial charge in [-0.05, 0) is 60.2 Å². The summed E-state index contributed by atoms with van der Waals surface area (Å²) < 4.78 is 6.13. The first kappa shape index (κ1) is 21.3. The number of methoxy groups -OCH3 is 1. The lowest BCUT2D eigenvalue weighted by Crippen LogP contribution is -2.30. The van der Waals surface area contributed by atoms with E-state index in [1.54, 1.807) is 42.6 Å². The summed E-state index contributed by atoms with van der Waals surface area (Å²) in [5.74, 6) is -1.04. The number of ether oxygens (including phenoxy) is 1. The molecule has 0 fully saturated rings. The molecule has 7 nitrogen and oxygen atoms in total. The molecule has 2 aromatic carbocycles. The normalized spacial score (nSPS) is 10.7. The predicted octanol–water partition coefficient (Wildman–Crippen LogP) is 4.14. The average molecular weight is 448 g/mol. The summed E-state index contributed by atoms with van der Waals surface area (Å²) in [6, 6.07) is 18.4. The highest BCUT2D eigenvalue weighted by Crippen LogP contribution is 2.16. The number of carbonyl (C=O) groups excluding carboxylic acids is 2. The molecule has 0 spiro atoms. The van der Waals surface area contributed by atoms with E-state index in [1.165, 1.54) is 29.9 Å². The molecule has 160 valence electrons. The molecule has 0 atom stereocenters. The molecule has 1 N–H and O–H groups in total. The highest BCUT2D eigenvalue weighted by Gasteiger charge is 2.17. The molecule has 2 aromatic heterocycles. The molecule has 0 bridgehead atoms. The molecule has 0 aliphatic heterocycles. The third kappa shape index (κ3) is 4.38. The zero-order chi connectivity index (χ0) is 22.7. The number of esters is 1. The number of pyridine rings is 2. The van der Waals surface area contributed by atoms with E-state index in [0.29, 0.717) is 27.3 Å². The second-order valence-corrected chi connectivity index (χ2v) is 7.45. The van der Waals surface area contributed by atoms with E-state index in [0.717, 1.165) is 5.56 Å². The first-order valence-corrected chi connectivity index (χ1v) is 10.1. The number of aromatic nitrogens is 2. The summed E-state index contributed by atoms with van der Waals surface area (Å²) in [6.45, 7) is 0.235. The van der Waals surface area contributed by atoms with Crippen LogP contribution in [0, 0.1) is 0 Å². The Labute approximate surface area is 188 Å². The van der Waals surface area contributed by atoms with Crippen LogP contribution in [0.15, 0.2) is 77.7 Å². The van der Waals surface area contributed by atoms with Crippen molar-refractivity contribution in [2.24, 2.45) is 0 Å². The molecule has 32 heavy (non-hydrogen) atoms. The molecule has 0 aliphatic rings. The second kappa shape index (κ2) is 9.03.